The SMILES string of the molecule is Cc1ccc2c(n1)CCC(N1CCCC1)CC2.N. The molecule has 1 saturated heterocycles. The number of fused-ring (bicyclic) bond motifs is 1. The monoisotopic (exact) mass is 247 g/mol. The van der Waals surface area contributed by atoms with Gasteiger partial charge in [-0.2, -0.15) is 0 Å². The summed E-state index contributed by atoms with van der Waals surface area (Å²) in [5.74, 6) is 0. The second-order valence-electron chi connectivity index (χ2n) is 5.53. The summed E-state index contributed by atoms with van der Waals surface area (Å²) in [6.45, 7) is 4.75. The van der Waals surface area contributed by atoms with Gasteiger partial charge >= 0.3 is 0 Å². The van der Waals surface area contributed by atoms with Crippen LogP contribution in [0.25, 0.3) is 0 Å². The third-order valence-electron chi connectivity index (χ3n) is 4.33. The highest BCUT2D eigenvalue weighted by atomic mass is 15.2. The van der Waals surface area contributed by atoms with Gasteiger partial charge in [0, 0.05) is 17.4 Å². The second-order valence-corrected chi connectivity index (χ2v) is 5.53. The maximum Gasteiger partial charge on any atom is 0.0439 e. The van der Waals surface area contributed by atoms with E-state index in [-0.39, 0.29) is 6.15 Å². The molecule has 0 radical (unpaired) electrons. The minimum atomic E-state index is 0. The molecule has 3 rings (SSSR count). The predicted molar refractivity (Wildman–Crippen MR) is 75.2 cm³/mol. The van der Waals surface area contributed by atoms with E-state index in [2.05, 4.69) is 24.0 Å². The molecule has 0 saturated carbocycles. The molecule has 18 heavy (non-hydrogen) atoms. The van der Waals surface area contributed by atoms with Gasteiger partial charge in [0.05, 0.1) is 0 Å². The minimum absolute atomic E-state index is 0. The van der Waals surface area contributed by atoms with E-state index < -0.39 is 0 Å². The van der Waals surface area contributed by atoms with E-state index in [0.29, 0.717) is 0 Å². The first kappa shape index (κ1) is 13.5. The molecule has 3 heteroatoms. The molecule has 0 aromatic carbocycles. The average molecular weight is 247 g/mol. The molecule has 1 aromatic rings. The molecule has 0 spiro atoms. The lowest BCUT2D eigenvalue weighted by atomic mass is 10.1. The van der Waals surface area contributed by atoms with Gasteiger partial charge in [-0.3, -0.25) is 4.98 Å². The Balaban J connectivity index is 0.00000120. The van der Waals surface area contributed by atoms with Gasteiger partial charge in [-0.05, 0) is 70.2 Å². The van der Waals surface area contributed by atoms with Crippen LogP contribution in [0.1, 0.15) is 42.6 Å². The largest absolute Gasteiger partial charge is 0.344 e. The minimum Gasteiger partial charge on any atom is -0.344 e. The molecule has 3 nitrogen and oxygen atoms in total. The number of aryl methyl sites for hydroxylation is 3. The van der Waals surface area contributed by atoms with Gasteiger partial charge in [0.2, 0.25) is 0 Å². The number of pyridine rings is 1. The summed E-state index contributed by atoms with van der Waals surface area (Å²) in [5.41, 5.74) is 4.03. The Hall–Kier alpha value is -0.930. The van der Waals surface area contributed by atoms with Crippen molar-refractivity contribution in [2.24, 2.45) is 0 Å². The van der Waals surface area contributed by atoms with Gasteiger partial charge in [-0.15, -0.1) is 0 Å². The number of likely N-dealkylation sites (tertiary alicyclic amines) is 1. The van der Waals surface area contributed by atoms with Crippen LogP contribution in [-0.4, -0.2) is 29.0 Å². The van der Waals surface area contributed by atoms with Crippen molar-refractivity contribution < 1.29 is 0 Å². The summed E-state index contributed by atoms with van der Waals surface area (Å²) in [6.07, 6.45) is 7.85. The summed E-state index contributed by atoms with van der Waals surface area (Å²) in [6, 6.07) is 5.27. The van der Waals surface area contributed by atoms with Gasteiger partial charge in [0.15, 0.2) is 0 Å². The van der Waals surface area contributed by atoms with Gasteiger partial charge in [0.25, 0.3) is 0 Å². The number of hydrogen-bond donors (Lipinski definition) is 1. The molecule has 2 heterocycles. The average Bonchev–Trinajstić information content (AvgIpc) is 2.77. The Labute approximate surface area is 110 Å². The molecule has 1 atom stereocenters. The topological polar surface area (TPSA) is 51.1 Å². The van der Waals surface area contributed by atoms with Crippen molar-refractivity contribution in [3.63, 3.8) is 0 Å². The first-order valence-electron chi connectivity index (χ1n) is 7.02. The van der Waals surface area contributed by atoms with Gasteiger partial charge in [0.1, 0.15) is 0 Å². The number of hydrogen-bond acceptors (Lipinski definition) is 3. The summed E-state index contributed by atoms with van der Waals surface area (Å²) in [7, 11) is 0. The van der Waals surface area contributed by atoms with Crippen molar-refractivity contribution in [3.8, 4) is 0 Å². The third-order valence-corrected chi connectivity index (χ3v) is 4.33. The summed E-state index contributed by atoms with van der Waals surface area (Å²) in [4.78, 5) is 7.42. The quantitative estimate of drug-likeness (QED) is 0.776. The van der Waals surface area contributed by atoms with E-state index in [9.17, 15) is 0 Å². The lowest BCUT2D eigenvalue weighted by Crippen LogP contribution is -2.32. The summed E-state index contributed by atoms with van der Waals surface area (Å²) in [5, 5.41) is 0. The van der Waals surface area contributed by atoms with E-state index in [1.54, 1.807) is 0 Å². The lowest BCUT2D eigenvalue weighted by molar-refractivity contribution is 0.222. The van der Waals surface area contributed by atoms with Crippen LogP contribution in [0, 0.1) is 6.92 Å². The van der Waals surface area contributed by atoms with Crippen molar-refractivity contribution >= 4 is 0 Å². The zero-order chi connectivity index (χ0) is 11.7. The van der Waals surface area contributed by atoms with Crippen molar-refractivity contribution in [3.05, 3.63) is 29.1 Å². The highest BCUT2D eigenvalue weighted by molar-refractivity contribution is 5.24. The fraction of sp³-hybridized carbons (Fsp3) is 0.667. The normalized spacial score (nSPS) is 24.2. The van der Waals surface area contributed by atoms with Crippen LogP contribution < -0.4 is 6.15 Å². The van der Waals surface area contributed by atoms with E-state index in [1.165, 1.54) is 68.6 Å². The molecule has 1 aromatic heterocycles. The van der Waals surface area contributed by atoms with E-state index in [4.69, 9.17) is 4.98 Å². The van der Waals surface area contributed by atoms with Crippen LogP contribution in [-0.2, 0) is 12.8 Å². The Bertz CT molecular complexity index is 397. The zero-order valence-electron chi connectivity index (χ0n) is 11.5. The Morgan fingerprint density at radius 1 is 1.11 bits per heavy atom. The van der Waals surface area contributed by atoms with E-state index in [0.717, 1.165) is 6.04 Å². The number of rotatable bonds is 1. The highest BCUT2D eigenvalue weighted by Gasteiger charge is 2.24. The molecule has 1 fully saturated rings. The smallest absolute Gasteiger partial charge is 0.0439 e. The molecule has 1 aliphatic carbocycles. The van der Waals surface area contributed by atoms with Crippen molar-refractivity contribution in [2.45, 2.75) is 51.5 Å². The zero-order valence-corrected chi connectivity index (χ0v) is 11.5. The van der Waals surface area contributed by atoms with Crippen LogP contribution in [0.15, 0.2) is 12.1 Å². The summed E-state index contributed by atoms with van der Waals surface area (Å²) >= 11 is 0. The highest BCUT2D eigenvalue weighted by Crippen LogP contribution is 2.25. The van der Waals surface area contributed by atoms with Crippen LogP contribution in [0.4, 0.5) is 0 Å². The van der Waals surface area contributed by atoms with Crippen molar-refractivity contribution in [2.75, 3.05) is 13.1 Å². The van der Waals surface area contributed by atoms with Crippen molar-refractivity contribution in [1.82, 2.24) is 16.0 Å². The first-order valence-corrected chi connectivity index (χ1v) is 7.02. The van der Waals surface area contributed by atoms with Gasteiger partial charge in [-0.1, -0.05) is 6.07 Å². The standard InChI is InChI=1S/C15H22N2.H3N/c1-12-4-5-13-6-7-14(8-9-15(13)16-12)17-10-2-3-11-17;/h4-5,14H,2-3,6-11H2,1H3;1H3. The molecular formula is C15H25N3. The maximum absolute atomic E-state index is 4.72. The third kappa shape index (κ3) is 2.73. The van der Waals surface area contributed by atoms with Crippen LogP contribution in [0.2, 0.25) is 0 Å². The Morgan fingerprint density at radius 2 is 1.83 bits per heavy atom. The number of aromatic nitrogens is 1. The molecule has 2 aliphatic rings. The summed E-state index contributed by atoms with van der Waals surface area (Å²) < 4.78 is 0. The predicted octanol–water partition coefficient (Wildman–Crippen LogP) is 2.90. The van der Waals surface area contributed by atoms with Gasteiger partial charge in [-0.25, -0.2) is 0 Å². The Kier molecular flexibility index (Phi) is 4.36. The van der Waals surface area contributed by atoms with Gasteiger partial charge < -0.3 is 11.1 Å². The molecule has 1 unspecified atom stereocenters. The molecule has 0 amide bonds. The van der Waals surface area contributed by atoms with Crippen LogP contribution in [0.3, 0.4) is 0 Å². The second kappa shape index (κ2) is 5.81. The molecular weight excluding hydrogens is 222 g/mol. The van der Waals surface area contributed by atoms with Crippen LogP contribution in [0.5, 0.6) is 0 Å². The molecule has 0 bridgehead atoms. The lowest BCUT2D eigenvalue weighted by Gasteiger charge is -2.25. The molecule has 3 N–H and O–H groups in total. The van der Waals surface area contributed by atoms with Crippen LogP contribution >= 0.6 is 0 Å². The first-order chi connectivity index (χ1) is 8.33. The Morgan fingerprint density at radius 3 is 2.61 bits per heavy atom. The van der Waals surface area contributed by atoms with E-state index >= 15 is 0 Å². The molecule has 100 valence electrons. The van der Waals surface area contributed by atoms with E-state index in [1.807, 2.05) is 0 Å². The molecule has 1 aliphatic heterocycles. The van der Waals surface area contributed by atoms with Crippen molar-refractivity contribution in [1.29, 1.82) is 0 Å². The number of nitrogens with zero attached hydrogens (tertiary/aromatic N) is 2. The fourth-order valence-corrected chi connectivity index (χ4v) is 3.33. The fourth-order valence-electron chi connectivity index (χ4n) is 3.33. The maximum atomic E-state index is 4.72.